The lowest BCUT2D eigenvalue weighted by Gasteiger charge is -1.64. The third-order valence-electron chi connectivity index (χ3n) is 0.204. The van der Waals surface area contributed by atoms with Crippen molar-refractivity contribution in [2.75, 3.05) is 13.3 Å². The topological polar surface area (TPSA) is 12.0 Å². The van der Waals surface area contributed by atoms with Gasteiger partial charge in [0.05, 0.1) is 0 Å². The molecule has 2 heteroatoms. The molecule has 0 rings (SSSR count). The molecule has 0 radical (unpaired) electrons. The van der Waals surface area contributed by atoms with Gasteiger partial charge >= 0.3 is 0 Å². The number of rotatable bonds is 0. The van der Waals surface area contributed by atoms with E-state index < -0.39 is 0 Å². The SMILES string of the molecule is CNC#SC. The lowest BCUT2D eigenvalue weighted by molar-refractivity contribution is 1.17. The van der Waals surface area contributed by atoms with Gasteiger partial charge in [-0.2, -0.15) is 0 Å². The quantitative estimate of drug-likeness (QED) is 0.426. The second-order valence-electron chi connectivity index (χ2n) is 0.556. The maximum absolute atomic E-state index is 2.78. The second-order valence-corrected chi connectivity index (χ2v) is 1.17. The summed E-state index contributed by atoms with van der Waals surface area (Å²) in [7, 11) is 1.83. The molecule has 0 aromatic rings. The van der Waals surface area contributed by atoms with E-state index in [0.29, 0.717) is 0 Å². The van der Waals surface area contributed by atoms with E-state index >= 15 is 0 Å². The molecular formula is C3H7NS. The van der Waals surface area contributed by atoms with Gasteiger partial charge in [0.15, 0.2) is 0 Å². The maximum atomic E-state index is 2.78. The zero-order valence-electron chi connectivity index (χ0n) is 3.41. The van der Waals surface area contributed by atoms with E-state index in [-0.39, 0.29) is 0 Å². The number of hydrogen-bond donors (Lipinski definition) is 1. The molecule has 0 saturated heterocycles. The minimum absolute atomic E-state index is 1.54. The summed E-state index contributed by atoms with van der Waals surface area (Å²) in [6.45, 7) is 0. The average molecular weight is 89.2 g/mol. The number of hydrogen-bond acceptors (Lipinski definition) is 1. The van der Waals surface area contributed by atoms with E-state index in [0.717, 1.165) is 0 Å². The fourth-order valence-electron chi connectivity index (χ4n) is 0.102. The molecule has 1 N–H and O–H groups in total. The molecule has 0 spiro atoms. The van der Waals surface area contributed by atoms with Crippen LogP contribution in [0.25, 0.3) is 0 Å². The van der Waals surface area contributed by atoms with Crippen LogP contribution in [0.3, 0.4) is 0 Å². The summed E-state index contributed by atoms with van der Waals surface area (Å²) in [5.41, 5.74) is 0. The molecule has 1 nitrogen and oxygen atoms in total. The smallest absolute Gasteiger partial charge is 0.00761 e. The van der Waals surface area contributed by atoms with Crippen molar-refractivity contribution in [2.24, 2.45) is 0 Å². The van der Waals surface area contributed by atoms with Gasteiger partial charge in [-0.1, -0.05) is 0 Å². The Morgan fingerprint density at radius 2 is 2.40 bits per heavy atom. The first-order chi connectivity index (χ1) is 2.41. The Hall–Kier alpha value is -0.0400. The van der Waals surface area contributed by atoms with Crippen molar-refractivity contribution in [3.63, 3.8) is 0 Å². The molecule has 0 aliphatic carbocycles. The van der Waals surface area contributed by atoms with Gasteiger partial charge in [0, 0.05) is 6.26 Å². The summed E-state index contributed by atoms with van der Waals surface area (Å²) in [5.74, 6) is 0. The highest BCUT2D eigenvalue weighted by molar-refractivity contribution is 7.87. The number of nitrogens with one attached hydrogen (secondary N) is 1. The van der Waals surface area contributed by atoms with Gasteiger partial charge in [0.2, 0.25) is 0 Å². The highest BCUT2D eigenvalue weighted by Crippen LogP contribution is 1.56. The molecule has 0 heterocycles. The third kappa shape index (κ3) is 3.96. The molecule has 0 unspecified atom stereocenters. The van der Waals surface area contributed by atoms with E-state index in [2.05, 4.69) is 10.6 Å². The highest BCUT2D eigenvalue weighted by atomic mass is 32.1. The average Bonchev–Trinajstić information content (AvgIpc) is 1.41. The minimum Gasteiger partial charge on any atom is -0.250 e. The van der Waals surface area contributed by atoms with Gasteiger partial charge in [-0.15, -0.1) is 11.2 Å². The van der Waals surface area contributed by atoms with Crippen LogP contribution in [-0.4, -0.2) is 13.3 Å². The van der Waals surface area contributed by atoms with Crippen molar-refractivity contribution in [3.8, 4) is 5.31 Å². The summed E-state index contributed by atoms with van der Waals surface area (Å²) in [4.78, 5) is 0. The van der Waals surface area contributed by atoms with E-state index in [1.54, 1.807) is 11.2 Å². The molecule has 0 aliphatic rings. The molecule has 0 aliphatic heterocycles. The Morgan fingerprint density at radius 3 is 2.40 bits per heavy atom. The van der Waals surface area contributed by atoms with Crippen molar-refractivity contribution < 1.29 is 0 Å². The van der Waals surface area contributed by atoms with Crippen LogP contribution in [0.5, 0.6) is 0 Å². The Bertz CT molecular complexity index is 59.0. The maximum Gasteiger partial charge on any atom is 0.00761 e. The summed E-state index contributed by atoms with van der Waals surface area (Å²) >= 11 is 1.54. The largest absolute Gasteiger partial charge is 0.250 e. The van der Waals surface area contributed by atoms with Crippen LogP contribution in [0, 0.1) is 5.31 Å². The van der Waals surface area contributed by atoms with Crippen LogP contribution in [0.1, 0.15) is 0 Å². The van der Waals surface area contributed by atoms with Crippen molar-refractivity contribution in [1.82, 2.24) is 5.32 Å². The Balaban J connectivity index is 2.81. The fraction of sp³-hybridized carbons (Fsp3) is 0.667. The molecule has 0 saturated carbocycles. The Kier molecular flexibility index (Phi) is 3.93. The molecule has 0 amide bonds. The minimum atomic E-state index is 1.54. The molecule has 0 bridgehead atoms. The predicted octanol–water partition coefficient (Wildman–Crippen LogP) is 0.485. The van der Waals surface area contributed by atoms with Crippen LogP contribution in [0.15, 0.2) is 0 Å². The first-order valence-corrected chi connectivity index (χ1v) is 2.59. The summed E-state index contributed by atoms with van der Waals surface area (Å²) in [6.07, 6.45) is 1.95. The van der Waals surface area contributed by atoms with Crippen LogP contribution in [0.4, 0.5) is 0 Å². The molecule has 0 aromatic heterocycles. The van der Waals surface area contributed by atoms with Gasteiger partial charge in [0.1, 0.15) is 0 Å². The fourth-order valence-corrected chi connectivity index (χ4v) is 0.306. The summed E-state index contributed by atoms with van der Waals surface area (Å²) < 4.78 is 0. The molecule has 0 fully saturated rings. The van der Waals surface area contributed by atoms with E-state index in [1.807, 2.05) is 13.3 Å². The Morgan fingerprint density at radius 1 is 1.80 bits per heavy atom. The normalized spacial score (nSPS) is 6.00. The molecule has 0 atom stereocenters. The second kappa shape index (κ2) is 3.96. The van der Waals surface area contributed by atoms with Gasteiger partial charge in [-0.25, -0.2) is 0 Å². The van der Waals surface area contributed by atoms with Crippen LogP contribution in [0.2, 0.25) is 0 Å². The van der Waals surface area contributed by atoms with Crippen molar-refractivity contribution in [3.05, 3.63) is 0 Å². The Labute approximate surface area is 36.0 Å². The summed E-state index contributed by atoms with van der Waals surface area (Å²) in [5, 5.41) is 5.51. The van der Waals surface area contributed by atoms with Crippen LogP contribution in [-0.2, 0) is 0 Å². The first kappa shape index (κ1) is 4.96. The van der Waals surface area contributed by atoms with Gasteiger partial charge < -0.3 is 0 Å². The zero-order valence-corrected chi connectivity index (χ0v) is 4.22. The molecule has 0 aromatic carbocycles. The van der Waals surface area contributed by atoms with Gasteiger partial charge in [0.25, 0.3) is 0 Å². The van der Waals surface area contributed by atoms with Crippen molar-refractivity contribution >= 4 is 11.2 Å². The van der Waals surface area contributed by atoms with Crippen molar-refractivity contribution in [1.29, 1.82) is 0 Å². The van der Waals surface area contributed by atoms with Gasteiger partial charge in [-0.05, 0) is 12.4 Å². The van der Waals surface area contributed by atoms with Crippen LogP contribution >= 0.6 is 11.2 Å². The highest BCUT2D eigenvalue weighted by Gasteiger charge is 1.42. The lowest BCUT2D eigenvalue weighted by atomic mass is 11.3. The zero-order chi connectivity index (χ0) is 4.12. The van der Waals surface area contributed by atoms with E-state index in [4.69, 9.17) is 0 Å². The first-order valence-electron chi connectivity index (χ1n) is 1.36. The molecule has 30 valence electrons. The molecular weight excluding hydrogens is 82.1 g/mol. The molecule has 5 heavy (non-hydrogen) atoms. The standard InChI is InChI=1S/C3H7NS/c1-4-3-5-2/h4H,1-2H3. The third-order valence-corrected chi connectivity index (χ3v) is 0.612. The van der Waals surface area contributed by atoms with Crippen LogP contribution < -0.4 is 5.32 Å². The lowest BCUT2D eigenvalue weighted by Crippen LogP contribution is -1.89. The summed E-state index contributed by atoms with van der Waals surface area (Å²) in [6, 6.07) is 0. The predicted molar refractivity (Wildman–Crippen MR) is 26.5 cm³/mol. The monoisotopic (exact) mass is 89.0 g/mol. The van der Waals surface area contributed by atoms with E-state index in [1.165, 1.54) is 0 Å². The van der Waals surface area contributed by atoms with Gasteiger partial charge in [-0.3, -0.25) is 5.32 Å². The van der Waals surface area contributed by atoms with Crippen molar-refractivity contribution in [2.45, 2.75) is 0 Å². The van der Waals surface area contributed by atoms with E-state index in [9.17, 15) is 0 Å².